The van der Waals surface area contributed by atoms with Crippen molar-refractivity contribution in [2.45, 2.75) is 56.7 Å². The summed E-state index contributed by atoms with van der Waals surface area (Å²) in [6.07, 6.45) is 3.40. The molecule has 0 radical (unpaired) electrons. The number of hydrogen-bond donors (Lipinski definition) is 1. The quantitative estimate of drug-likeness (QED) is 0.536. The highest BCUT2D eigenvalue weighted by molar-refractivity contribution is 6.30. The van der Waals surface area contributed by atoms with E-state index in [-0.39, 0.29) is 5.41 Å². The molecule has 0 aliphatic heterocycles. The number of benzene rings is 2. The van der Waals surface area contributed by atoms with E-state index in [0.717, 1.165) is 29.0 Å². The first-order chi connectivity index (χ1) is 14.3. The van der Waals surface area contributed by atoms with Crippen LogP contribution >= 0.6 is 11.6 Å². The molecule has 4 aliphatic carbocycles. The van der Waals surface area contributed by atoms with Crippen molar-refractivity contribution < 1.29 is 13.2 Å². The Balaban J connectivity index is 1.28. The minimum atomic E-state index is -4.28. The Hall–Kier alpha value is -1.52. The maximum absolute atomic E-state index is 12.8. The molecule has 0 heterocycles. The monoisotopic (exact) mass is 433 g/mol. The van der Waals surface area contributed by atoms with Gasteiger partial charge in [0.2, 0.25) is 0 Å². The highest BCUT2D eigenvalue weighted by Gasteiger charge is 2.57. The SMILES string of the molecule is FC(F)(F)c1ccc(CNCC23CC4CC(C2)CC(c2ccc(Cl)cc2)(C4)C3)cc1. The predicted molar refractivity (Wildman–Crippen MR) is 113 cm³/mol. The lowest BCUT2D eigenvalue weighted by Gasteiger charge is -2.62. The molecule has 0 spiro atoms. The summed E-state index contributed by atoms with van der Waals surface area (Å²) in [5.74, 6) is 1.57. The summed E-state index contributed by atoms with van der Waals surface area (Å²) < 4.78 is 38.3. The van der Waals surface area contributed by atoms with Crippen LogP contribution in [-0.2, 0) is 18.1 Å². The van der Waals surface area contributed by atoms with E-state index in [0.29, 0.717) is 12.0 Å². The van der Waals surface area contributed by atoms with E-state index in [1.165, 1.54) is 56.2 Å². The molecule has 2 aromatic carbocycles. The van der Waals surface area contributed by atoms with Gasteiger partial charge in [-0.2, -0.15) is 13.2 Å². The summed E-state index contributed by atoms with van der Waals surface area (Å²) in [6, 6.07) is 14.0. The van der Waals surface area contributed by atoms with Gasteiger partial charge < -0.3 is 5.32 Å². The third-order valence-electron chi connectivity index (χ3n) is 7.75. The highest BCUT2D eigenvalue weighted by Crippen LogP contribution is 2.65. The lowest BCUT2D eigenvalue weighted by molar-refractivity contribution is -0.137. The first kappa shape index (κ1) is 20.4. The summed E-state index contributed by atoms with van der Waals surface area (Å²) in [6.45, 7) is 1.56. The number of hydrogen-bond acceptors (Lipinski definition) is 1. The molecule has 30 heavy (non-hydrogen) atoms. The Morgan fingerprint density at radius 3 is 2.13 bits per heavy atom. The van der Waals surface area contributed by atoms with E-state index in [1.807, 2.05) is 12.1 Å². The van der Waals surface area contributed by atoms with Crippen LogP contribution in [0.25, 0.3) is 0 Å². The Morgan fingerprint density at radius 1 is 0.900 bits per heavy atom. The minimum absolute atomic E-state index is 0.269. The number of halogens is 4. The van der Waals surface area contributed by atoms with Crippen LogP contribution in [0.1, 0.15) is 55.2 Å². The largest absolute Gasteiger partial charge is 0.416 e. The Kier molecular flexibility index (Phi) is 4.94. The van der Waals surface area contributed by atoms with Crippen molar-refractivity contribution in [3.63, 3.8) is 0 Å². The van der Waals surface area contributed by atoms with Gasteiger partial charge in [0.05, 0.1) is 5.56 Å². The molecule has 0 amide bonds. The van der Waals surface area contributed by atoms with Crippen LogP contribution in [0.5, 0.6) is 0 Å². The van der Waals surface area contributed by atoms with E-state index in [4.69, 9.17) is 11.6 Å². The first-order valence-corrected chi connectivity index (χ1v) is 11.3. The molecule has 6 rings (SSSR count). The lowest BCUT2D eigenvalue weighted by Crippen LogP contribution is -2.56. The molecule has 160 valence electrons. The predicted octanol–water partition coefficient (Wildman–Crippen LogP) is 6.99. The zero-order chi connectivity index (χ0) is 21.0. The molecule has 2 atom stereocenters. The molecule has 2 aromatic rings. The first-order valence-electron chi connectivity index (χ1n) is 10.9. The molecular weight excluding hydrogens is 407 g/mol. The summed E-state index contributed by atoms with van der Waals surface area (Å²) in [4.78, 5) is 0. The van der Waals surface area contributed by atoms with Crippen molar-refractivity contribution >= 4 is 11.6 Å². The molecule has 4 bridgehead atoms. The van der Waals surface area contributed by atoms with Gasteiger partial charge in [-0.1, -0.05) is 35.9 Å². The molecule has 0 aromatic heterocycles. The Labute approximate surface area is 181 Å². The summed E-state index contributed by atoms with van der Waals surface area (Å²) in [5.41, 5.74) is 2.32. The van der Waals surface area contributed by atoms with Crippen molar-refractivity contribution in [3.8, 4) is 0 Å². The van der Waals surface area contributed by atoms with Gasteiger partial charge in [0, 0.05) is 18.1 Å². The van der Waals surface area contributed by atoms with Crippen molar-refractivity contribution in [2.24, 2.45) is 17.3 Å². The zero-order valence-electron chi connectivity index (χ0n) is 16.9. The average molecular weight is 434 g/mol. The molecule has 4 fully saturated rings. The third kappa shape index (κ3) is 3.78. The fourth-order valence-corrected chi connectivity index (χ4v) is 7.21. The molecule has 1 N–H and O–H groups in total. The maximum Gasteiger partial charge on any atom is 0.416 e. The average Bonchev–Trinajstić information content (AvgIpc) is 2.67. The molecule has 4 saturated carbocycles. The smallest absolute Gasteiger partial charge is 0.312 e. The molecule has 4 aliphatic rings. The van der Waals surface area contributed by atoms with Crippen LogP contribution in [0.4, 0.5) is 13.2 Å². The Bertz CT molecular complexity index is 889. The van der Waals surface area contributed by atoms with Crippen molar-refractivity contribution in [3.05, 3.63) is 70.2 Å². The third-order valence-corrected chi connectivity index (χ3v) is 8.00. The van der Waals surface area contributed by atoms with Crippen molar-refractivity contribution in [2.75, 3.05) is 6.54 Å². The molecule has 5 heteroatoms. The van der Waals surface area contributed by atoms with Gasteiger partial charge in [0.15, 0.2) is 0 Å². The summed E-state index contributed by atoms with van der Waals surface area (Å²) in [5, 5.41) is 4.38. The van der Waals surface area contributed by atoms with Gasteiger partial charge in [-0.25, -0.2) is 0 Å². The van der Waals surface area contributed by atoms with Crippen molar-refractivity contribution in [1.29, 1.82) is 0 Å². The van der Waals surface area contributed by atoms with E-state index >= 15 is 0 Å². The van der Waals surface area contributed by atoms with Crippen LogP contribution < -0.4 is 5.32 Å². The van der Waals surface area contributed by atoms with Crippen LogP contribution in [-0.4, -0.2) is 6.54 Å². The van der Waals surface area contributed by atoms with Crippen LogP contribution in [0.3, 0.4) is 0 Å². The van der Waals surface area contributed by atoms with Gasteiger partial charge in [-0.15, -0.1) is 0 Å². The van der Waals surface area contributed by atoms with Gasteiger partial charge >= 0.3 is 6.18 Å². The number of alkyl halides is 3. The van der Waals surface area contributed by atoms with E-state index < -0.39 is 11.7 Å². The topological polar surface area (TPSA) is 12.0 Å². The number of nitrogens with one attached hydrogen (secondary N) is 1. The van der Waals surface area contributed by atoms with E-state index in [1.54, 1.807) is 12.1 Å². The summed E-state index contributed by atoms with van der Waals surface area (Å²) >= 11 is 6.14. The second kappa shape index (κ2) is 7.27. The van der Waals surface area contributed by atoms with Crippen molar-refractivity contribution in [1.82, 2.24) is 5.32 Å². The second-order valence-electron chi connectivity index (χ2n) is 10.0. The van der Waals surface area contributed by atoms with Crippen LogP contribution in [0.2, 0.25) is 5.02 Å². The normalized spacial score (nSPS) is 32.5. The molecule has 0 saturated heterocycles. The van der Waals surface area contributed by atoms with Gasteiger partial charge in [-0.3, -0.25) is 0 Å². The minimum Gasteiger partial charge on any atom is -0.312 e. The fraction of sp³-hybridized carbons (Fsp3) is 0.520. The van der Waals surface area contributed by atoms with Gasteiger partial charge in [0.25, 0.3) is 0 Å². The zero-order valence-corrected chi connectivity index (χ0v) is 17.7. The maximum atomic E-state index is 12.8. The highest BCUT2D eigenvalue weighted by atomic mass is 35.5. The van der Waals surface area contributed by atoms with E-state index in [2.05, 4.69) is 17.4 Å². The van der Waals surface area contributed by atoms with Crippen LogP contribution in [0, 0.1) is 17.3 Å². The van der Waals surface area contributed by atoms with Gasteiger partial charge in [-0.05, 0) is 96.6 Å². The fourth-order valence-electron chi connectivity index (χ4n) is 7.08. The molecular formula is C25H27ClF3N. The number of rotatable bonds is 5. The van der Waals surface area contributed by atoms with E-state index in [9.17, 15) is 13.2 Å². The second-order valence-corrected chi connectivity index (χ2v) is 10.5. The molecule has 1 nitrogen and oxygen atoms in total. The summed E-state index contributed by atoms with van der Waals surface area (Å²) in [7, 11) is 0. The lowest BCUT2D eigenvalue weighted by atomic mass is 9.43. The Morgan fingerprint density at radius 2 is 1.53 bits per heavy atom. The standard InChI is InChI=1S/C25H27ClF3N/c26-22-7-5-20(6-8-22)24-12-18-9-19(13-24)11-23(10-18,15-24)16-30-14-17-1-3-21(4-2-17)25(27,28)29/h1-8,18-19,30H,9-16H2. The van der Waals surface area contributed by atoms with Crippen LogP contribution in [0.15, 0.2) is 48.5 Å². The molecule has 2 unspecified atom stereocenters. The van der Waals surface area contributed by atoms with Gasteiger partial charge in [0.1, 0.15) is 0 Å².